The Morgan fingerprint density at radius 3 is 0.920 bits per heavy atom. The standard InChI is InChI=1S/2C14H22N2P.2CHF3O3S/c2*1-13(2,3)15-11-9-7-8-10-12(11)16(17-15)14(4,5)6;2*2-1(3,4)8(5,6)7/h2*7-10H,1-6H3;2*(H,5,6,7)/q2*+1;;/p-2. The van der Waals surface area contributed by atoms with Crippen molar-refractivity contribution in [2.75, 3.05) is 0 Å². The van der Waals surface area contributed by atoms with Gasteiger partial charge in [-0.2, -0.15) is 26.3 Å². The molecule has 0 amide bonds. The van der Waals surface area contributed by atoms with Crippen molar-refractivity contribution in [1.82, 2.24) is 8.66 Å². The van der Waals surface area contributed by atoms with Crippen molar-refractivity contribution in [3.05, 3.63) is 48.5 Å². The molecule has 0 fully saturated rings. The van der Waals surface area contributed by atoms with E-state index in [0.29, 0.717) is 0 Å². The highest BCUT2D eigenvalue weighted by atomic mass is 32.2. The Bertz CT molecular complexity index is 1740. The maximum absolute atomic E-state index is 10.7. The number of hydrogen-bond acceptors (Lipinski definition) is 6. The summed E-state index contributed by atoms with van der Waals surface area (Å²) in [5, 5.41) is 0. The third-order valence-electron chi connectivity index (χ3n) is 6.14. The van der Waals surface area contributed by atoms with Crippen LogP contribution in [0.2, 0.25) is 0 Å². The molecule has 2 aromatic carbocycles. The highest BCUT2D eigenvalue weighted by Crippen LogP contribution is 2.30. The van der Waals surface area contributed by atoms with E-state index < -0.39 is 31.3 Å². The van der Waals surface area contributed by atoms with Gasteiger partial charge in [-0.05, 0) is 107 Å². The summed E-state index contributed by atoms with van der Waals surface area (Å²) < 4.78 is 128. The smallest absolute Gasteiger partial charge is 0.485 e. The van der Waals surface area contributed by atoms with Crippen LogP contribution >= 0.6 is 17.0 Å². The predicted octanol–water partition coefficient (Wildman–Crippen LogP) is 8.14. The molecule has 0 radical (unpaired) electrons. The topological polar surface area (TPSA) is 132 Å². The number of rotatable bonds is 0. The van der Waals surface area contributed by atoms with Crippen molar-refractivity contribution in [1.29, 1.82) is 0 Å². The van der Waals surface area contributed by atoms with Crippen LogP contribution in [-0.2, 0) is 42.4 Å². The molecule has 4 rings (SSSR count). The SMILES string of the molecule is CC(C)(C)n1p[n+](C(C)(C)C)c2ccccc21.CC(C)(C)n1p[n+](C(C)(C)C)c2ccccc21.O=S(=O)([O-])C(F)(F)F.O=S(=O)([O-])C(F)(F)F. The Morgan fingerprint density at radius 1 is 0.520 bits per heavy atom. The second-order valence-electron chi connectivity index (χ2n) is 14.9. The predicted molar refractivity (Wildman–Crippen MR) is 181 cm³/mol. The van der Waals surface area contributed by atoms with Crippen LogP contribution in [0.15, 0.2) is 48.5 Å². The summed E-state index contributed by atoms with van der Waals surface area (Å²) in [4.78, 5) is 0. The lowest BCUT2D eigenvalue weighted by molar-refractivity contribution is -0.667. The van der Waals surface area contributed by atoms with Crippen LogP contribution in [0.3, 0.4) is 0 Å². The van der Waals surface area contributed by atoms with Gasteiger partial charge in [0.15, 0.2) is 42.3 Å². The van der Waals surface area contributed by atoms with E-state index in [2.05, 4.69) is 149 Å². The van der Waals surface area contributed by atoms with Gasteiger partial charge in [-0.15, -0.1) is 0 Å². The van der Waals surface area contributed by atoms with Crippen LogP contribution < -0.4 is 8.66 Å². The summed E-state index contributed by atoms with van der Waals surface area (Å²) in [5.74, 6) is 0. The van der Waals surface area contributed by atoms with Crippen molar-refractivity contribution in [3.8, 4) is 0 Å². The molecule has 20 heteroatoms. The lowest BCUT2D eigenvalue weighted by atomic mass is 10.1. The average molecular weight is 797 g/mol. The number of hydrogen-bond donors (Lipinski definition) is 0. The van der Waals surface area contributed by atoms with E-state index >= 15 is 0 Å². The lowest BCUT2D eigenvalue weighted by Crippen LogP contribution is -2.46. The van der Waals surface area contributed by atoms with Gasteiger partial charge in [0.05, 0.1) is 0 Å². The number of nitrogens with zero attached hydrogens (tertiary/aromatic N) is 4. The second-order valence-corrected chi connectivity index (χ2v) is 19.6. The molecule has 10 nitrogen and oxygen atoms in total. The first-order valence-electron chi connectivity index (χ1n) is 14.8. The number of para-hydroxylation sites is 4. The molecule has 0 unspecified atom stereocenters. The molecule has 2 heterocycles. The van der Waals surface area contributed by atoms with Crippen molar-refractivity contribution in [3.63, 3.8) is 0 Å². The highest BCUT2D eigenvalue weighted by molar-refractivity contribution is 7.86. The van der Waals surface area contributed by atoms with Crippen molar-refractivity contribution >= 4 is 59.3 Å². The number of aromatic nitrogens is 4. The zero-order valence-electron chi connectivity index (χ0n) is 29.8. The number of fused-ring (bicyclic) bond motifs is 2. The summed E-state index contributed by atoms with van der Waals surface area (Å²) in [5.41, 5.74) is -5.31. The number of benzene rings is 2. The van der Waals surface area contributed by atoms with Crippen LogP contribution in [0.4, 0.5) is 26.3 Å². The molecular formula is C30H44F6N4O6P2S2. The fourth-order valence-electron chi connectivity index (χ4n) is 4.00. The maximum atomic E-state index is 10.7. The van der Waals surface area contributed by atoms with Gasteiger partial charge in [0, 0.05) is 0 Å². The molecule has 0 saturated carbocycles. The summed E-state index contributed by atoms with van der Waals surface area (Å²) in [6, 6.07) is 17.4. The summed E-state index contributed by atoms with van der Waals surface area (Å²) in [6.45, 7) is 27.2. The summed E-state index contributed by atoms with van der Waals surface area (Å²) in [7, 11) is -9.66. The maximum Gasteiger partial charge on any atom is 0.485 e. The molecule has 0 spiro atoms. The van der Waals surface area contributed by atoms with E-state index in [0.717, 1.165) is 0 Å². The van der Waals surface area contributed by atoms with Crippen LogP contribution in [0.1, 0.15) is 83.1 Å². The quantitative estimate of drug-likeness (QED) is 0.100. The van der Waals surface area contributed by atoms with Crippen LogP contribution in [0, 0.1) is 0 Å². The molecule has 0 saturated heterocycles. The minimum absolute atomic E-state index is 0.150. The molecule has 2 aromatic heterocycles. The second kappa shape index (κ2) is 15.3. The zero-order valence-corrected chi connectivity index (χ0v) is 33.3. The van der Waals surface area contributed by atoms with E-state index in [1.165, 1.54) is 39.1 Å². The fourth-order valence-corrected chi connectivity index (χ4v) is 6.49. The van der Waals surface area contributed by atoms with Gasteiger partial charge in [0.1, 0.15) is 22.2 Å². The van der Waals surface area contributed by atoms with Gasteiger partial charge >= 0.3 is 28.0 Å². The summed E-state index contributed by atoms with van der Waals surface area (Å²) in [6.07, 6.45) is 0. The molecule has 0 aliphatic heterocycles. The average Bonchev–Trinajstić information content (AvgIpc) is 3.47. The molecule has 0 atom stereocenters. The van der Waals surface area contributed by atoms with Gasteiger partial charge in [0.25, 0.3) is 0 Å². The lowest BCUT2D eigenvalue weighted by Gasteiger charge is -2.15. The zero-order chi connectivity index (χ0) is 39.7. The highest BCUT2D eigenvalue weighted by Gasteiger charge is 2.38. The normalized spacial score (nSPS) is 13.8. The first-order valence-corrected chi connectivity index (χ1v) is 19.2. The Kier molecular flexibility index (Phi) is 14.0. The fraction of sp³-hybridized carbons (Fsp3) is 0.600. The van der Waals surface area contributed by atoms with Gasteiger partial charge in [-0.3, -0.25) is 0 Å². The van der Waals surface area contributed by atoms with E-state index in [9.17, 15) is 26.3 Å². The van der Waals surface area contributed by atoms with Crippen molar-refractivity contribution < 1.29 is 60.9 Å². The van der Waals surface area contributed by atoms with Gasteiger partial charge in [-0.1, -0.05) is 24.3 Å². The molecule has 0 aliphatic rings. The van der Waals surface area contributed by atoms with E-state index in [1.54, 1.807) is 0 Å². The summed E-state index contributed by atoms with van der Waals surface area (Å²) >= 11 is 0. The van der Waals surface area contributed by atoms with Crippen LogP contribution in [0.5, 0.6) is 0 Å². The molecule has 4 aromatic rings. The minimum atomic E-state index is -6.09. The Morgan fingerprint density at radius 2 is 0.740 bits per heavy atom. The monoisotopic (exact) mass is 796 g/mol. The van der Waals surface area contributed by atoms with E-state index in [-0.39, 0.29) is 22.2 Å². The third-order valence-corrected chi connectivity index (χ3v) is 11.3. The van der Waals surface area contributed by atoms with E-state index in [4.69, 9.17) is 25.9 Å². The Labute approximate surface area is 293 Å². The van der Waals surface area contributed by atoms with Gasteiger partial charge in [-0.25, -0.2) is 34.2 Å². The number of alkyl halides is 6. The van der Waals surface area contributed by atoms with Gasteiger partial charge < -0.3 is 9.11 Å². The van der Waals surface area contributed by atoms with Crippen LogP contribution in [0.25, 0.3) is 22.1 Å². The van der Waals surface area contributed by atoms with Gasteiger partial charge in [0.2, 0.25) is 0 Å². The molecule has 0 bridgehead atoms. The Hall–Kier alpha value is -2.36. The van der Waals surface area contributed by atoms with Crippen LogP contribution in [-0.4, -0.2) is 45.6 Å². The molecular weight excluding hydrogens is 752 g/mol. The number of halogens is 6. The molecule has 0 N–H and O–H groups in total. The van der Waals surface area contributed by atoms with E-state index in [1.807, 2.05) is 0 Å². The first kappa shape index (κ1) is 45.7. The Balaban J connectivity index is 0.000000356. The van der Waals surface area contributed by atoms with Crippen molar-refractivity contribution in [2.45, 2.75) is 116 Å². The largest absolute Gasteiger partial charge is 0.741 e. The third kappa shape index (κ3) is 12.4. The molecule has 0 aliphatic carbocycles. The molecule has 50 heavy (non-hydrogen) atoms. The molecule has 284 valence electrons. The first-order chi connectivity index (χ1) is 21.9. The minimum Gasteiger partial charge on any atom is -0.741 e. The van der Waals surface area contributed by atoms with Crippen molar-refractivity contribution in [2.24, 2.45) is 0 Å².